The zero-order valence-electron chi connectivity index (χ0n) is 18.5. The quantitative estimate of drug-likeness (QED) is 0.553. The van der Waals surface area contributed by atoms with Crippen molar-refractivity contribution in [1.82, 2.24) is 14.7 Å². The van der Waals surface area contributed by atoms with Gasteiger partial charge in [-0.05, 0) is 43.7 Å². The molecule has 1 aromatic carbocycles. The van der Waals surface area contributed by atoms with E-state index in [0.29, 0.717) is 17.8 Å². The largest absolute Gasteiger partial charge is 0.381 e. The van der Waals surface area contributed by atoms with Gasteiger partial charge in [0.1, 0.15) is 12.1 Å². The van der Waals surface area contributed by atoms with Gasteiger partial charge >= 0.3 is 0 Å². The van der Waals surface area contributed by atoms with Gasteiger partial charge in [-0.15, -0.1) is 0 Å². The molecule has 1 aliphatic rings. The first kappa shape index (κ1) is 22.8. The number of carbonyl (C=O) groups is 1. The van der Waals surface area contributed by atoms with Crippen LogP contribution in [0.5, 0.6) is 0 Å². The molecule has 7 heteroatoms. The van der Waals surface area contributed by atoms with Crippen molar-refractivity contribution in [2.45, 2.75) is 13.3 Å². The predicted molar refractivity (Wildman–Crippen MR) is 119 cm³/mol. The molecule has 0 saturated carbocycles. The van der Waals surface area contributed by atoms with Crippen molar-refractivity contribution in [3.05, 3.63) is 52.9 Å². The molecule has 1 fully saturated rings. The van der Waals surface area contributed by atoms with Gasteiger partial charge in [-0.1, -0.05) is 0 Å². The average Bonchev–Trinajstić information content (AvgIpc) is 2.99. The van der Waals surface area contributed by atoms with Crippen LogP contribution in [0.15, 0.2) is 47.3 Å². The summed E-state index contributed by atoms with van der Waals surface area (Å²) in [7, 11) is 7.37. The van der Waals surface area contributed by atoms with Crippen molar-refractivity contribution in [2.24, 2.45) is 0 Å². The van der Waals surface area contributed by atoms with Crippen LogP contribution in [-0.2, 0) is 0 Å². The van der Waals surface area contributed by atoms with E-state index in [1.165, 1.54) is 0 Å². The molecular formula is C23H30N6O. The van der Waals surface area contributed by atoms with E-state index in [2.05, 4.69) is 9.80 Å². The Bertz CT molecular complexity index is 883. The second kappa shape index (κ2) is 10.4. The predicted octanol–water partition coefficient (Wildman–Crippen LogP) is 2.67. The van der Waals surface area contributed by atoms with E-state index in [1.807, 2.05) is 68.4 Å². The summed E-state index contributed by atoms with van der Waals surface area (Å²) in [6.45, 7) is 5.08. The molecule has 0 atom stereocenters. The molecule has 0 aromatic heterocycles. The minimum absolute atomic E-state index is 0.0121. The van der Waals surface area contributed by atoms with E-state index < -0.39 is 0 Å². The summed E-state index contributed by atoms with van der Waals surface area (Å²) in [6.07, 6.45) is 2.82. The molecule has 1 amide bonds. The fourth-order valence-corrected chi connectivity index (χ4v) is 3.28. The van der Waals surface area contributed by atoms with Crippen LogP contribution in [-0.4, -0.2) is 75.0 Å². The molecule has 1 aliphatic heterocycles. The van der Waals surface area contributed by atoms with E-state index in [4.69, 9.17) is 0 Å². The number of hydrogen-bond acceptors (Lipinski definition) is 6. The third-order valence-corrected chi connectivity index (χ3v) is 5.25. The van der Waals surface area contributed by atoms with Gasteiger partial charge in [0.15, 0.2) is 5.57 Å². The summed E-state index contributed by atoms with van der Waals surface area (Å²) in [5.41, 5.74) is 3.53. The number of nitrogens with zero attached hydrogens (tertiary/aromatic N) is 6. The SMILES string of the molecule is CC(=CC(=C(C#N)C#N)N1CCCN(c2ccc(C(=O)N(C)C)cc2)CC1)N(C)C. The topological polar surface area (TPSA) is 77.6 Å². The van der Waals surface area contributed by atoms with Gasteiger partial charge in [-0.25, -0.2) is 0 Å². The lowest BCUT2D eigenvalue weighted by atomic mass is 10.1. The number of benzene rings is 1. The van der Waals surface area contributed by atoms with Crippen molar-refractivity contribution in [3.8, 4) is 12.1 Å². The van der Waals surface area contributed by atoms with Crippen molar-refractivity contribution >= 4 is 11.6 Å². The molecule has 1 heterocycles. The summed E-state index contributed by atoms with van der Waals surface area (Å²) in [4.78, 5) is 20.0. The summed E-state index contributed by atoms with van der Waals surface area (Å²) in [5, 5.41) is 18.9. The van der Waals surface area contributed by atoms with Gasteiger partial charge in [-0.3, -0.25) is 4.79 Å². The van der Waals surface area contributed by atoms with Crippen LogP contribution in [0.2, 0.25) is 0 Å². The Kier molecular flexibility index (Phi) is 7.89. The maximum Gasteiger partial charge on any atom is 0.253 e. The zero-order valence-corrected chi connectivity index (χ0v) is 18.5. The molecule has 1 saturated heterocycles. The van der Waals surface area contributed by atoms with Crippen molar-refractivity contribution in [2.75, 3.05) is 59.3 Å². The lowest BCUT2D eigenvalue weighted by Gasteiger charge is -2.26. The number of amides is 1. The Labute approximate surface area is 179 Å². The lowest BCUT2D eigenvalue weighted by molar-refractivity contribution is 0.0827. The minimum Gasteiger partial charge on any atom is -0.381 e. The van der Waals surface area contributed by atoms with Crippen molar-refractivity contribution in [3.63, 3.8) is 0 Å². The van der Waals surface area contributed by atoms with E-state index >= 15 is 0 Å². The van der Waals surface area contributed by atoms with Gasteiger partial charge in [0.2, 0.25) is 0 Å². The standard InChI is InChI=1S/C23H30N6O/c1-18(26(2)3)15-22(20(16-24)17-25)29-12-6-11-28(13-14-29)21-9-7-19(8-10-21)23(30)27(4)5/h7-10,15H,6,11-14H2,1-5H3. The van der Waals surface area contributed by atoms with E-state index in [1.54, 1.807) is 19.0 Å². The highest BCUT2D eigenvalue weighted by atomic mass is 16.2. The van der Waals surface area contributed by atoms with Crippen molar-refractivity contribution < 1.29 is 4.79 Å². The maximum atomic E-state index is 12.1. The highest BCUT2D eigenvalue weighted by Crippen LogP contribution is 2.22. The third-order valence-electron chi connectivity index (χ3n) is 5.25. The second-order valence-corrected chi connectivity index (χ2v) is 7.74. The molecule has 0 spiro atoms. The molecule has 0 aliphatic carbocycles. The zero-order chi connectivity index (χ0) is 22.3. The Morgan fingerprint density at radius 3 is 2.13 bits per heavy atom. The van der Waals surface area contributed by atoms with Crippen LogP contribution in [0, 0.1) is 22.7 Å². The van der Waals surface area contributed by atoms with Crippen LogP contribution >= 0.6 is 0 Å². The molecule has 30 heavy (non-hydrogen) atoms. The summed E-state index contributed by atoms with van der Waals surface area (Å²) >= 11 is 0. The molecular weight excluding hydrogens is 376 g/mol. The molecule has 158 valence electrons. The van der Waals surface area contributed by atoms with Crippen LogP contribution in [0.1, 0.15) is 23.7 Å². The monoisotopic (exact) mass is 406 g/mol. The number of allylic oxidation sites excluding steroid dienone is 3. The third kappa shape index (κ3) is 5.55. The number of hydrogen-bond donors (Lipinski definition) is 0. The average molecular weight is 407 g/mol. The fraction of sp³-hybridized carbons (Fsp3) is 0.435. The second-order valence-electron chi connectivity index (χ2n) is 7.74. The maximum absolute atomic E-state index is 12.1. The minimum atomic E-state index is -0.0121. The van der Waals surface area contributed by atoms with E-state index in [0.717, 1.165) is 37.4 Å². The van der Waals surface area contributed by atoms with Gasteiger partial charge < -0.3 is 19.6 Å². The Hall–Kier alpha value is -3.45. The van der Waals surface area contributed by atoms with E-state index in [-0.39, 0.29) is 11.5 Å². The summed E-state index contributed by atoms with van der Waals surface area (Å²) in [6, 6.07) is 11.8. The highest BCUT2D eigenvalue weighted by Gasteiger charge is 2.20. The fourth-order valence-electron chi connectivity index (χ4n) is 3.28. The summed E-state index contributed by atoms with van der Waals surface area (Å²) < 4.78 is 0. The Morgan fingerprint density at radius 2 is 1.60 bits per heavy atom. The van der Waals surface area contributed by atoms with Gasteiger partial charge in [0.05, 0.1) is 5.70 Å². The number of anilines is 1. The van der Waals surface area contributed by atoms with E-state index in [9.17, 15) is 15.3 Å². The summed E-state index contributed by atoms with van der Waals surface area (Å²) in [5.74, 6) is -0.0121. The number of rotatable bonds is 5. The molecule has 0 radical (unpaired) electrons. The first-order chi connectivity index (χ1) is 14.3. The number of nitriles is 2. The Morgan fingerprint density at radius 1 is 0.967 bits per heavy atom. The van der Waals surface area contributed by atoms with Crippen molar-refractivity contribution in [1.29, 1.82) is 10.5 Å². The van der Waals surface area contributed by atoms with Gasteiger partial charge in [-0.2, -0.15) is 10.5 Å². The molecule has 0 bridgehead atoms. The highest BCUT2D eigenvalue weighted by molar-refractivity contribution is 5.94. The number of carbonyl (C=O) groups excluding carboxylic acids is 1. The van der Waals surface area contributed by atoms with Crippen LogP contribution in [0.4, 0.5) is 5.69 Å². The van der Waals surface area contributed by atoms with Crippen LogP contribution in [0.3, 0.4) is 0 Å². The normalized spacial score (nSPS) is 14.3. The smallest absolute Gasteiger partial charge is 0.253 e. The first-order valence-corrected chi connectivity index (χ1v) is 10.00. The molecule has 7 nitrogen and oxygen atoms in total. The Balaban J connectivity index is 2.21. The van der Waals surface area contributed by atoms with Crippen LogP contribution < -0.4 is 4.90 Å². The molecule has 2 rings (SSSR count). The lowest BCUT2D eigenvalue weighted by Crippen LogP contribution is -2.31. The van der Waals surface area contributed by atoms with Crippen LogP contribution in [0.25, 0.3) is 0 Å². The molecule has 0 N–H and O–H groups in total. The first-order valence-electron chi connectivity index (χ1n) is 10.00. The molecule has 1 aromatic rings. The van der Waals surface area contributed by atoms with Gasteiger partial charge in [0.25, 0.3) is 5.91 Å². The molecule has 0 unspecified atom stereocenters. The van der Waals surface area contributed by atoms with Gasteiger partial charge in [0, 0.05) is 71.3 Å².